The van der Waals surface area contributed by atoms with Crippen LogP contribution in [0.2, 0.25) is 0 Å². The monoisotopic (exact) mass is 256 g/mol. The Labute approximate surface area is 89.9 Å². The fraction of sp³-hybridized carbons (Fsp3) is 0.200. The number of ketones is 1. The van der Waals surface area contributed by atoms with Crippen molar-refractivity contribution in [3.63, 3.8) is 0 Å². The molecule has 1 unspecified atom stereocenters. The summed E-state index contributed by atoms with van der Waals surface area (Å²) in [6.07, 6.45) is 0.617. The third-order valence-electron chi connectivity index (χ3n) is 1.83. The van der Waals surface area contributed by atoms with Crippen LogP contribution in [0.3, 0.4) is 0 Å². The largest absolute Gasteiger partial charge is 0.508 e. The van der Waals surface area contributed by atoms with Gasteiger partial charge in [-0.05, 0) is 24.6 Å². The molecule has 3 nitrogen and oxygen atoms in total. The molecule has 0 aromatic heterocycles. The van der Waals surface area contributed by atoms with Crippen molar-refractivity contribution in [2.24, 2.45) is 0 Å². The normalized spacial score (nSPS) is 12.1. The van der Waals surface area contributed by atoms with Gasteiger partial charge in [0.2, 0.25) is 0 Å². The SMILES string of the molecule is CC(=O)C(Br)c1ccc(O)cc1C=O. The fourth-order valence-electron chi connectivity index (χ4n) is 1.11. The predicted octanol–water partition coefficient (Wildman–Crippen LogP) is 2.23. The molecular formula is C10H9BrO3. The standard InChI is InChI=1S/C10H9BrO3/c1-6(13)10(11)9-3-2-8(14)4-7(9)5-12/h2-5,10,14H,1H3. The molecule has 0 saturated heterocycles. The number of carbonyl (C=O) groups is 2. The van der Waals surface area contributed by atoms with Crippen LogP contribution in [0, 0.1) is 0 Å². The Morgan fingerprint density at radius 3 is 2.71 bits per heavy atom. The van der Waals surface area contributed by atoms with Gasteiger partial charge in [-0.1, -0.05) is 22.0 Å². The molecule has 0 bridgehead atoms. The Hall–Kier alpha value is -1.16. The lowest BCUT2D eigenvalue weighted by Gasteiger charge is -2.08. The van der Waals surface area contributed by atoms with E-state index in [9.17, 15) is 9.59 Å². The first-order valence-electron chi connectivity index (χ1n) is 3.99. The minimum atomic E-state index is -0.497. The number of benzene rings is 1. The number of hydrogen-bond donors (Lipinski definition) is 1. The minimum absolute atomic E-state index is 0.0131. The Morgan fingerprint density at radius 2 is 2.21 bits per heavy atom. The minimum Gasteiger partial charge on any atom is -0.508 e. The van der Waals surface area contributed by atoms with Gasteiger partial charge in [-0.15, -0.1) is 0 Å². The Bertz CT molecular complexity index is 374. The molecule has 0 amide bonds. The quantitative estimate of drug-likeness (QED) is 0.667. The van der Waals surface area contributed by atoms with Crippen LogP contribution in [-0.2, 0) is 4.79 Å². The maximum Gasteiger partial charge on any atom is 0.150 e. The summed E-state index contributed by atoms with van der Waals surface area (Å²) in [5, 5.41) is 9.13. The highest BCUT2D eigenvalue weighted by Crippen LogP contribution is 2.28. The molecule has 1 aromatic carbocycles. The van der Waals surface area contributed by atoms with Gasteiger partial charge in [0.15, 0.2) is 6.29 Å². The van der Waals surface area contributed by atoms with Crippen LogP contribution in [0.4, 0.5) is 0 Å². The van der Waals surface area contributed by atoms with E-state index < -0.39 is 4.83 Å². The average Bonchev–Trinajstić information content (AvgIpc) is 2.16. The van der Waals surface area contributed by atoms with Crippen LogP contribution in [0.5, 0.6) is 5.75 Å². The Balaban J connectivity index is 3.20. The molecule has 1 aromatic rings. The molecule has 0 radical (unpaired) electrons. The van der Waals surface area contributed by atoms with Crippen LogP contribution in [0.15, 0.2) is 18.2 Å². The van der Waals surface area contributed by atoms with Gasteiger partial charge in [-0.25, -0.2) is 0 Å². The number of hydrogen-bond acceptors (Lipinski definition) is 3. The number of Topliss-reactive ketones (excluding diaryl/α,β-unsaturated/α-hetero) is 1. The average molecular weight is 257 g/mol. The number of phenolic OH excluding ortho intramolecular Hbond substituents is 1. The number of phenols is 1. The summed E-state index contributed by atoms with van der Waals surface area (Å²) in [5.74, 6) is -0.0714. The van der Waals surface area contributed by atoms with E-state index in [0.717, 1.165) is 0 Å². The lowest BCUT2D eigenvalue weighted by Crippen LogP contribution is -2.04. The highest BCUT2D eigenvalue weighted by Gasteiger charge is 2.16. The highest BCUT2D eigenvalue weighted by molar-refractivity contribution is 9.09. The maximum absolute atomic E-state index is 11.1. The van der Waals surface area contributed by atoms with E-state index in [-0.39, 0.29) is 11.5 Å². The molecular weight excluding hydrogens is 248 g/mol. The van der Waals surface area contributed by atoms with Crippen molar-refractivity contribution in [2.45, 2.75) is 11.8 Å². The molecule has 1 N–H and O–H groups in total. The van der Waals surface area contributed by atoms with E-state index in [1.807, 2.05) is 0 Å². The van der Waals surface area contributed by atoms with Gasteiger partial charge in [0, 0.05) is 5.56 Å². The van der Waals surface area contributed by atoms with Gasteiger partial charge in [0.25, 0.3) is 0 Å². The van der Waals surface area contributed by atoms with E-state index in [4.69, 9.17) is 5.11 Å². The van der Waals surface area contributed by atoms with E-state index in [1.54, 1.807) is 6.07 Å². The zero-order valence-electron chi connectivity index (χ0n) is 7.53. The third-order valence-corrected chi connectivity index (χ3v) is 2.97. The molecule has 1 rings (SSSR count). The smallest absolute Gasteiger partial charge is 0.150 e. The van der Waals surface area contributed by atoms with Crippen LogP contribution in [-0.4, -0.2) is 17.2 Å². The molecule has 0 heterocycles. The van der Waals surface area contributed by atoms with Gasteiger partial charge in [-0.3, -0.25) is 9.59 Å². The summed E-state index contributed by atoms with van der Waals surface area (Å²) in [5.41, 5.74) is 0.896. The lowest BCUT2D eigenvalue weighted by molar-refractivity contribution is -0.116. The van der Waals surface area contributed by atoms with Gasteiger partial charge in [-0.2, -0.15) is 0 Å². The van der Waals surface area contributed by atoms with Crippen molar-refractivity contribution in [3.8, 4) is 5.75 Å². The molecule has 1 atom stereocenters. The Morgan fingerprint density at radius 1 is 1.57 bits per heavy atom. The molecule has 0 spiro atoms. The topological polar surface area (TPSA) is 54.4 Å². The summed E-state index contributed by atoms with van der Waals surface area (Å²) in [6, 6.07) is 4.33. The second kappa shape index (κ2) is 4.37. The van der Waals surface area contributed by atoms with E-state index in [0.29, 0.717) is 17.4 Å². The molecule has 14 heavy (non-hydrogen) atoms. The lowest BCUT2D eigenvalue weighted by atomic mass is 10.0. The van der Waals surface area contributed by atoms with Crippen LogP contribution in [0.1, 0.15) is 27.7 Å². The first-order chi connectivity index (χ1) is 6.56. The van der Waals surface area contributed by atoms with Crippen molar-refractivity contribution >= 4 is 28.0 Å². The highest BCUT2D eigenvalue weighted by atomic mass is 79.9. The Kier molecular flexibility index (Phi) is 3.41. The zero-order chi connectivity index (χ0) is 10.7. The van der Waals surface area contributed by atoms with Crippen molar-refractivity contribution in [1.82, 2.24) is 0 Å². The number of aldehydes is 1. The number of halogens is 1. The van der Waals surface area contributed by atoms with Crippen molar-refractivity contribution in [2.75, 3.05) is 0 Å². The fourth-order valence-corrected chi connectivity index (χ4v) is 1.53. The first kappa shape index (κ1) is 10.9. The van der Waals surface area contributed by atoms with Crippen LogP contribution >= 0.6 is 15.9 Å². The molecule has 0 aliphatic rings. The molecule has 0 aliphatic carbocycles. The van der Waals surface area contributed by atoms with E-state index in [2.05, 4.69) is 15.9 Å². The van der Waals surface area contributed by atoms with E-state index in [1.165, 1.54) is 19.1 Å². The predicted molar refractivity (Wildman–Crippen MR) is 55.8 cm³/mol. The molecule has 0 saturated carbocycles. The maximum atomic E-state index is 11.1. The number of alkyl halides is 1. The van der Waals surface area contributed by atoms with Crippen molar-refractivity contribution in [1.29, 1.82) is 0 Å². The summed E-state index contributed by atoms with van der Waals surface area (Å²) in [4.78, 5) is 21.2. The second-order valence-electron chi connectivity index (χ2n) is 2.90. The van der Waals surface area contributed by atoms with Gasteiger partial charge in [0.05, 0.1) is 4.83 Å². The molecule has 0 aliphatic heterocycles. The van der Waals surface area contributed by atoms with Crippen molar-refractivity contribution < 1.29 is 14.7 Å². The number of aromatic hydroxyl groups is 1. The van der Waals surface area contributed by atoms with Gasteiger partial charge >= 0.3 is 0 Å². The number of carbonyl (C=O) groups excluding carboxylic acids is 2. The number of rotatable bonds is 3. The van der Waals surface area contributed by atoms with Crippen molar-refractivity contribution in [3.05, 3.63) is 29.3 Å². The summed E-state index contributed by atoms with van der Waals surface area (Å²) >= 11 is 3.18. The third kappa shape index (κ3) is 2.20. The van der Waals surface area contributed by atoms with Gasteiger partial charge < -0.3 is 5.11 Å². The zero-order valence-corrected chi connectivity index (χ0v) is 9.11. The van der Waals surface area contributed by atoms with Crippen LogP contribution < -0.4 is 0 Å². The van der Waals surface area contributed by atoms with Crippen LogP contribution in [0.25, 0.3) is 0 Å². The molecule has 0 fully saturated rings. The molecule has 74 valence electrons. The summed E-state index contributed by atoms with van der Waals surface area (Å²) < 4.78 is 0. The molecule has 4 heteroatoms. The summed E-state index contributed by atoms with van der Waals surface area (Å²) in [6.45, 7) is 1.43. The van der Waals surface area contributed by atoms with Gasteiger partial charge in [0.1, 0.15) is 11.5 Å². The second-order valence-corrected chi connectivity index (χ2v) is 3.82. The van der Waals surface area contributed by atoms with E-state index >= 15 is 0 Å². The first-order valence-corrected chi connectivity index (χ1v) is 4.90. The summed E-state index contributed by atoms with van der Waals surface area (Å²) in [7, 11) is 0.